The number of ether oxygens (including phenoxy) is 1. The number of carboxylic acid groups (broad SMARTS) is 1. The molecule has 0 bridgehead atoms. The molecule has 0 amide bonds. The molecule has 0 aromatic heterocycles. The summed E-state index contributed by atoms with van der Waals surface area (Å²) in [4.78, 5) is 10.8. The lowest BCUT2D eigenvalue weighted by Gasteiger charge is -2.19. The number of hydrogen-bond acceptors (Lipinski definition) is 3. The van der Waals surface area contributed by atoms with Crippen molar-refractivity contribution < 1.29 is 14.6 Å². The van der Waals surface area contributed by atoms with Crippen LogP contribution in [0, 0.1) is 0 Å². The van der Waals surface area contributed by atoms with Crippen LogP contribution in [0.3, 0.4) is 0 Å². The van der Waals surface area contributed by atoms with E-state index >= 15 is 0 Å². The van der Waals surface area contributed by atoms with E-state index in [0.717, 1.165) is 5.56 Å². The third kappa shape index (κ3) is 2.95. The second kappa shape index (κ2) is 4.31. The van der Waals surface area contributed by atoms with Crippen LogP contribution in [-0.4, -0.2) is 23.7 Å². The Morgan fingerprint density at radius 3 is 2.80 bits per heavy atom. The number of carbonyl (C=O) groups is 1. The summed E-state index contributed by atoms with van der Waals surface area (Å²) in [5.41, 5.74) is 5.25. The fourth-order valence-electron chi connectivity index (χ4n) is 1.28. The minimum Gasteiger partial charge on any atom is -0.497 e. The minimum atomic E-state index is -1.24. The largest absolute Gasteiger partial charge is 0.497 e. The number of rotatable bonds is 4. The zero-order valence-corrected chi connectivity index (χ0v) is 8.86. The smallest absolute Gasteiger partial charge is 0.323 e. The summed E-state index contributed by atoms with van der Waals surface area (Å²) in [6.07, 6.45) is 0.277. The first kappa shape index (κ1) is 11.5. The molecule has 15 heavy (non-hydrogen) atoms. The Kier molecular flexibility index (Phi) is 3.31. The second-order valence-electron chi connectivity index (χ2n) is 3.75. The fourth-order valence-corrected chi connectivity index (χ4v) is 1.28. The van der Waals surface area contributed by atoms with Gasteiger partial charge in [0.25, 0.3) is 0 Å². The zero-order chi connectivity index (χ0) is 11.5. The van der Waals surface area contributed by atoms with Crippen LogP contribution < -0.4 is 10.5 Å². The molecule has 4 heteroatoms. The minimum absolute atomic E-state index is 0.277. The Morgan fingerprint density at radius 1 is 1.60 bits per heavy atom. The number of carboxylic acids is 1. The van der Waals surface area contributed by atoms with Gasteiger partial charge in [0.05, 0.1) is 7.11 Å². The van der Waals surface area contributed by atoms with Crippen LogP contribution in [0.1, 0.15) is 12.5 Å². The van der Waals surface area contributed by atoms with E-state index in [4.69, 9.17) is 15.6 Å². The molecule has 0 aliphatic carbocycles. The van der Waals surface area contributed by atoms with E-state index in [1.165, 1.54) is 6.92 Å². The summed E-state index contributed by atoms with van der Waals surface area (Å²) >= 11 is 0. The lowest BCUT2D eigenvalue weighted by atomic mass is 9.94. The van der Waals surface area contributed by atoms with Gasteiger partial charge in [0.1, 0.15) is 11.3 Å². The molecule has 0 saturated carbocycles. The Bertz CT molecular complexity index is 361. The highest BCUT2D eigenvalue weighted by Crippen LogP contribution is 2.16. The number of hydrogen-bond donors (Lipinski definition) is 2. The van der Waals surface area contributed by atoms with Gasteiger partial charge in [-0.1, -0.05) is 12.1 Å². The van der Waals surface area contributed by atoms with Crippen molar-refractivity contribution in [3.8, 4) is 5.75 Å². The SMILES string of the molecule is COc1cccc(CC(C)(N)C(=O)O)c1. The molecule has 1 atom stereocenters. The highest BCUT2D eigenvalue weighted by molar-refractivity contribution is 5.78. The van der Waals surface area contributed by atoms with Crippen molar-refractivity contribution in [2.45, 2.75) is 18.9 Å². The molecule has 1 rings (SSSR count). The summed E-state index contributed by atoms with van der Waals surface area (Å²) in [6.45, 7) is 1.49. The first-order valence-electron chi connectivity index (χ1n) is 4.61. The molecule has 0 saturated heterocycles. The Labute approximate surface area is 88.7 Å². The molecule has 1 unspecified atom stereocenters. The van der Waals surface area contributed by atoms with E-state index in [1.807, 2.05) is 12.1 Å². The molecule has 4 nitrogen and oxygen atoms in total. The molecule has 0 fully saturated rings. The van der Waals surface area contributed by atoms with Crippen molar-refractivity contribution >= 4 is 5.97 Å². The predicted octanol–water partition coefficient (Wildman–Crippen LogP) is 1.04. The average molecular weight is 209 g/mol. The van der Waals surface area contributed by atoms with Crippen molar-refractivity contribution in [1.29, 1.82) is 0 Å². The van der Waals surface area contributed by atoms with Crippen molar-refractivity contribution in [1.82, 2.24) is 0 Å². The number of aliphatic carboxylic acids is 1. The van der Waals surface area contributed by atoms with Gasteiger partial charge in [0, 0.05) is 6.42 Å². The highest BCUT2D eigenvalue weighted by atomic mass is 16.5. The lowest BCUT2D eigenvalue weighted by Crippen LogP contribution is -2.46. The van der Waals surface area contributed by atoms with E-state index in [1.54, 1.807) is 19.2 Å². The van der Waals surface area contributed by atoms with Crippen molar-refractivity contribution in [2.24, 2.45) is 5.73 Å². The molecule has 0 radical (unpaired) electrons. The summed E-state index contributed by atoms with van der Waals surface area (Å²) < 4.78 is 5.04. The maximum Gasteiger partial charge on any atom is 0.323 e. The van der Waals surface area contributed by atoms with Crippen LogP contribution >= 0.6 is 0 Å². The standard InChI is InChI=1S/C11H15NO3/c1-11(12,10(13)14)7-8-4-3-5-9(6-8)15-2/h3-6H,7,12H2,1-2H3,(H,13,14). The Balaban J connectivity index is 2.85. The van der Waals surface area contributed by atoms with Crippen molar-refractivity contribution in [3.05, 3.63) is 29.8 Å². The first-order chi connectivity index (χ1) is 6.95. The van der Waals surface area contributed by atoms with Gasteiger partial charge in [0.15, 0.2) is 0 Å². The van der Waals surface area contributed by atoms with Gasteiger partial charge in [-0.3, -0.25) is 4.79 Å². The highest BCUT2D eigenvalue weighted by Gasteiger charge is 2.28. The van der Waals surface area contributed by atoms with Crippen LogP contribution in [-0.2, 0) is 11.2 Å². The van der Waals surface area contributed by atoms with Crippen molar-refractivity contribution in [3.63, 3.8) is 0 Å². The van der Waals surface area contributed by atoms with Crippen LogP contribution in [0.2, 0.25) is 0 Å². The van der Waals surface area contributed by atoms with Crippen LogP contribution in [0.5, 0.6) is 5.75 Å². The van der Waals surface area contributed by atoms with E-state index < -0.39 is 11.5 Å². The van der Waals surface area contributed by atoms with Crippen LogP contribution in [0.15, 0.2) is 24.3 Å². The molecule has 0 spiro atoms. The lowest BCUT2D eigenvalue weighted by molar-refractivity contribution is -0.142. The van der Waals surface area contributed by atoms with Gasteiger partial charge in [-0.05, 0) is 24.6 Å². The van der Waals surface area contributed by atoms with E-state index in [2.05, 4.69) is 0 Å². The van der Waals surface area contributed by atoms with Gasteiger partial charge >= 0.3 is 5.97 Å². The van der Waals surface area contributed by atoms with Crippen molar-refractivity contribution in [2.75, 3.05) is 7.11 Å². The normalized spacial score (nSPS) is 14.3. The molecular formula is C11H15NO3. The molecular weight excluding hydrogens is 194 g/mol. The van der Waals surface area contributed by atoms with Gasteiger partial charge in [-0.15, -0.1) is 0 Å². The summed E-state index contributed by atoms with van der Waals surface area (Å²) in [5.74, 6) is -0.306. The summed E-state index contributed by atoms with van der Waals surface area (Å²) in [7, 11) is 1.57. The third-order valence-corrected chi connectivity index (χ3v) is 2.19. The Hall–Kier alpha value is -1.55. The average Bonchev–Trinajstić information content (AvgIpc) is 2.17. The molecule has 1 aromatic rings. The van der Waals surface area contributed by atoms with Gasteiger partial charge in [0.2, 0.25) is 0 Å². The third-order valence-electron chi connectivity index (χ3n) is 2.19. The molecule has 82 valence electrons. The van der Waals surface area contributed by atoms with Gasteiger partial charge < -0.3 is 15.6 Å². The maximum absolute atomic E-state index is 10.8. The fraction of sp³-hybridized carbons (Fsp3) is 0.364. The second-order valence-corrected chi connectivity index (χ2v) is 3.75. The molecule has 0 heterocycles. The zero-order valence-electron chi connectivity index (χ0n) is 8.86. The Morgan fingerprint density at radius 2 is 2.27 bits per heavy atom. The molecule has 3 N–H and O–H groups in total. The van der Waals surface area contributed by atoms with E-state index in [-0.39, 0.29) is 6.42 Å². The van der Waals surface area contributed by atoms with E-state index in [0.29, 0.717) is 5.75 Å². The number of methoxy groups -OCH3 is 1. The predicted molar refractivity (Wildman–Crippen MR) is 56.9 cm³/mol. The molecule has 0 aliphatic rings. The molecule has 0 aliphatic heterocycles. The van der Waals surface area contributed by atoms with Crippen LogP contribution in [0.4, 0.5) is 0 Å². The quantitative estimate of drug-likeness (QED) is 0.777. The maximum atomic E-state index is 10.8. The van der Waals surface area contributed by atoms with Gasteiger partial charge in [-0.25, -0.2) is 0 Å². The summed E-state index contributed by atoms with van der Waals surface area (Å²) in [5, 5.41) is 8.87. The molecule has 1 aromatic carbocycles. The first-order valence-corrected chi connectivity index (χ1v) is 4.61. The topological polar surface area (TPSA) is 72.5 Å². The monoisotopic (exact) mass is 209 g/mol. The van der Waals surface area contributed by atoms with E-state index in [9.17, 15) is 4.79 Å². The summed E-state index contributed by atoms with van der Waals surface area (Å²) in [6, 6.07) is 7.23. The number of benzene rings is 1. The van der Waals surface area contributed by atoms with Gasteiger partial charge in [-0.2, -0.15) is 0 Å². The number of nitrogens with two attached hydrogens (primary N) is 1. The van der Waals surface area contributed by atoms with Crippen LogP contribution in [0.25, 0.3) is 0 Å².